The molecule has 1 heterocycles. The lowest BCUT2D eigenvalue weighted by Gasteiger charge is -2.04. The first kappa shape index (κ1) is 11.8. The van der Waals surface area contributed by atoms with Crippen LogP contribution in [0.2, 0.25) is 0 Å². The van der Waals surface area contributed by atoms with Gasteiger partial charge in [-0.15, -0.1) is 11.3 Å². The maximum absolute atomic E-state index is 10.1. The number of carbonyl (C=O) groups excluding carboxylic acids is 1. The Balaban J connectivity index is 2.30. The highest BCUT2D eigenvalue weighted by atomic mass is 32.1. The molecule has 0 atom stereocenters. The molecule has 0 radical (unpaired) electrons. The van der Waals surface area contributed by atoms with Gasteiger partial charge >= 0.3 is 0 Å². The second kappa shape index (κ2) is 5.10. The van der Waals surface area contributed by atoms with E-state index in [9.17, 15) is 4.79 Å². The van der Waals surface area contributed by atoms with Crippen LogP contribution in [0, 0.1) is 13.8 Å². The van der Waals surface area contributed by atoms with Crippen LogP contribution in [0.4, 0.5) is 0 Å². The smallest absolute Gasteiger partial charge is 0.293 e. The van der Waals surface area contributed by atoms with Crippen LogP contribution in [0.5, 0.6) is 0 Å². The highest BCUT2D eigenvalue weighted by Crippen LogP contribution is 2.29. The number of aryl methyl sites for hydroxylation is 1. The van der Waals surface area contributed by atoms with Gasteiger partial charge in [0.15, 0.2) is 0 Å². The summed E-state index contributed by atoms with van der Waals surface area (Å²) in [5, 5.41) is 0.968. The lowest BCUT2D eigenvalue weighted by atomic mass is 10.0. The highest BCUT2D eigenvalue weighted by molar-refractivity contribution is 7.15. The van der Waals surface area contributed by atoms with E-state index < -0.39 is 0 Å². The van der Waals surface area contributed by atoms with Crippen LogP contribution in [0.3, 0.4) is 0 Å². The second-order valence-electron chi connectivity index (χ2n) is 3.79. The van der Waals surface area contributed by atoms with Gasteiger partial charge < -0.3 is 4.74 Å². The van der Waals surface area contributed by atoms with Crippen LogP contribution >= 0.6 is 11.3 Å². The number of hydrogen-bond acceptors (Lipinski definition) is 4. The number of thiazole rings is 1. The van der Waals surface area contributed by atoms with E-state index >= 15 is 0 Å². The van der Waals surface area contributed by atoms with Crippen LogP contribution in [0.1, 0.15) is 16.0 Å². The predicted molar refractivity (Wildman–Crippen MR) is 67.9 cm³/mol. The average Bonchev–Trinajstić information content (AvgIpc) is 2.78. The lowest BCUT2D eigenvalue weighted by Crippen LogP contribution is -1.85. The second-order valence-corrected chi connectivity index (χ2v) is 4.90. The fraction of sp³-hybridized carbons (Fsp3) is 0.231. The average molecular weight is 247 g/mol. The van der Waals surface area contributed by atoms with Crippen molar-refractivity contribution in [1.82, 2.24) is 4.98 Å². The molecule has 0 aliphatic rings. The summed E-state index contributed by atoms with van der Waals surface area (Å²) < 4.78 is 4.71. The maximum atomic E-state index is 10.1. The van der Waals surface area contributed by atoms with Gasteiger partial charge in [-0.25, -0.2) is 4.98 Å². The van der Waals surface area contributed by atoms with Crippen molar-refractivity contribution in [2.75, 3.05) is 0 Å². The quantitative estimate of drug-likeness (QED) is 0.779. The van der Waals surface area contributed by atoms with Gasteiger partial charge in [0.1, 0.15) is 11.6 Å². The lowest BCUT2D eigenvalue weighted by molar-refractivity contribution is -0.129. The molecule has 0 fully saturated rings. The Hall–Kier alpha value is -1.68. The number of carbonyl (C=O) groups is 1. The molecule has 0 bridgehead atoms. The van der Waals surface area contributed by atoms with E-state index in [1.807, 2.05) is 6.07 Å². The molecule has 2 aromatic rings. The summed E-state index contributed by atoms with van der Waals surface area (Å²) in [6.07, 6.45) is 1.76. The predicted octanol–water partition coefficient (Wildman–Crippen LogP) is 3.10. The van der Waals surface area contributed by atoms with Gasteiger partial charge in [0, 0.05) is 11.8 Å². The largest absolute Gasteiger partial charge is 0.462 e. The fourth-order valence-electron chi connectivity index (χ4n) is 1.60. The van der Waals surface area contributed by atoms with Gasteiger partial charge in [0.05, 0.1) is 4.88 Å². The van der Waals surface area contributed by atoms with E-state index in [1.54, 1.807) is 17.5 Å². The molecule has 17 heavy (non-hydrogen) atoms. The summed E-state index contributed by atoms with van der Waals surface area (Å²) in [6, 6.07) is 6.18. The van der Waals surface area contributed by atoms with Crippen molar-refractivity contribution in [3.8, 4) is 10.6 Å². The zero-order chi connectivity index (χ0) is 12.3. The Morgan fingerprint density at radius 1 is 1.41 bits per heavy atom. The number of benzene rings is 1. The molecule has 3 nitrogen and oxygen atoms in total. The third kappa shape index (κ3) is 2.53. The molecule has 0 aliphatic carbocycles. The maximum Gasteiger partial charge on any atom is 0.293 e. The van der Waals surface area contributed by atoms with Crippen molar-refractivity contribution in [1.29, 1.82) is 0 Å². The van der Waals surface area contributed by atoms with Crippen LogP contribution in [-0.2, 0) is 16.1 Å². The van der Waals surface area contributed by atoms with Gasteiger partial charge in [0.25, 0.3) is 6.47 Å². The summed E-state index contributed by atoms with van der Waals surface area (Å²) >= 11 is 1.55. The summed E-state index contributed by atoms with van der Waals surface area (Å²) in [5.41, 5.74) is 3.64. The van der Waals surface area contributed by atoms with E-state index in [0.717, 1.165) is 15.4 Å². The summed E-state index contributed by atoms with van der Waals surface area (Å²) in [5.74, 6) is 0. The third-order valence-corrected chi connectivity index (χ3v) is 3.69. The Labute approximate surface area is 104 Å². The van der Waals surface area contributed by atoms with Crippen molar-refractivity contribution in [3.05, 3.63) is 40.4 Å². The van der Waals surface area contributed by atoms with E-state index in [1.165, 1.54) is 11.1 Å². The molecule has 0 N–H and O–H groups in total. The molecule has 0 spiro atoms. The van der Waals surface area contributed by atoms with Gasteiger partial charge in [-0.2, -0.15) is 0 Å². The van der Waals surface area contributed by atoms with Crippen LogP contribution in [0.15, 0.2) is 24.4 Å². The van der Waals surface area contributed by atoms with Crippen molar-refractivity contribution in [2.24, 2.45) is 0 Å². The van der Waals surface area contributed by atoms with Gasteiger partial charge in [-0.3, -0.25) is 4.79 Å². The van der Waals surface area contributed by atoms with Crippen molar-refractivity contribution in [2.45, 2.75) is 20.5 Å². The minimum atomic E-state index is 0.298. The molecule has 0 saturated carbocycles. The first-order chi connectivity index (χ1) is 8.22. The standard InChI is InChI=1S/C13H13NO2S/c1-9-4-3-5-12(10(9)2)13-14-6-11(17-13)7-16-8-15/h3-6,8H,7H2,1-2H3. The topological polar surface area (TPSA) is 39.2 Å². The molecule has 0 amide bonds. The molecular formula is C13H13NO2S. The fourth-order valence-corrected chi connectivity index (χ4v) is 2.51. The minimum absolute atomic E-state index is 0.298. The van der Waals surface area contributed by atoms with E-state index in [4.69, 9.17) is 4.74 Å². The third-order valence-electron chi connectivity index (χ3n) is 2.68. The molecule has 4 heteroatoms. The van der Waals surface area contributed by atoms with Crippen molar-refractivity contribution >= 4 is 17.8 Å². The number of aromatic nitrogens is 1. The molecule has 0 aliphatic heterocycles. The van der Waals surface area contributed by atoms with Crippen molar-refractivity contribution < 1.29 is 9.53 Å². The van der Waals surface area contributed by atoms with E-state index in [-0.39, 0.29) is 0 Å². The number of nitrogens with zero attached hydrogens (tertiary/aromatic N) is 1. The number of ether oxygens (including phenoxy) is 1. The first-order valence-corrected chi connectivity index (χ1v) is 6.10. The minimum Gasteiger partial charge on any atom is -0.462 e. The Kier molecular flexibility index (Phi) is 3.54. The highest BCUT2D eigenvalue weighted by Gasteiger charge is 2.08. The number of rotatable bonds is 4. The zero-order valence-electron chi connectivity index (χ0n) is 9.77. The zero-order valence-corrected chi connectivity index (χ0v) is 10.6. The van der Waals surface area contributed by atoms with Crippen LogP contribution < -0.4 is 0 Å². The van der Waals surface area contributed by atoms with Crippen LogP contribution in [0.25, 0.3) is 10.6 Å². The summed E-state index contributed by atoms with van der Waals surface area (Å²) in [7, 11) is 0. The molecule has 0 saturated heterocycles. The summed E-state index contributed by atoms with van der Waals surface area (Å²) in [4.78, 5) is 15.4. The Morgan fingerprint density at radius 3 is 3.00 bits per heavy atom. The van der Waals surface area contributed by atoms with Gasteiger partial charge in [0.2, 0.25) is 0 Å². The van der Waals surface area contributed by atoms with E-state index in [0.29, 0.717) is 13.1 Å². The van der Waals surface area contributed by atoms with Crippen molar-refractivity contribution in [3.63, 3.8) is 0 Å². The molecule has 1 aromatic carbocycles. The molecule has 2 rings (SSSR count). The Bertz CT molecular complexity index is 534. The monoisotopic (exact) mass is 247 g/mol. The molecule has 1 aromatic heterocycles. The molecule has 88 valence electrons. The van der Waals surface area contributed by atoms with Gasteiger partial charge in [-0.1, -0.05) is 18.2 Å². The molecular weight excluding hydrogens is 234 g/mol. The SMILES string of the molecule is Cc1cccc(-c2ncc(COC=O)s2)c1C. The van der Waals surface area contributed by atoms with E-state index in [2.05, 4.69) is 31.0 Å². The summed E-state index contributed by atoms with van der Waals surface area (Å²) in [6.45, 7) is 4.93. The first-order valence-electron chi connectivity index (χ1n) is 5.29. The molecule has 0 unspecified atom stereocenters. The van der Waals surface area contributed by atoms with Gasteiger partial charge in [-0.05, 0) is 25.0 Å². The van der Waals surface area contributed by atoms with Crippen LogP contribution in [-0.4, -0.2) is 11.5 Å². The Morgan fingerprint density at radius 2 is 2.24 bits per heavy atom. The normalized spacial score (nSPS) is 10.2. The number of hydrogen-bond donors (Lipinski definition) is 0.